The summed E-state index contributed by atoms with van der Waals surface area (Å²) >= 11 is 0. The van der Waals surface area contributed by atoms with E-state index in [1.165, 1.54) is 4.31 Å². The van der Waals surface area contributed by atoms with Crippen LogP contribution in [0.2, 0.25) is 0 Å². The van der Waals surface area contributed by atoms with Crippen LogP contribution in [0, 0.1) is 0 Å². The van der Waals surface area contributed by atoms with Gasteiger partial charge in [-0.1, -0.05) is 36.4 Å². The number of sulfonamides is 1. The molecule has 3 rings (SSSR count). The Morgan fingerprint density at radius 1 is 1.00 bits per heavy atom. The lowest BCUT2D eigenvalue weighted by Gasteiger charge is -2.34. The van der Waals surface area contributed by atoms with Gasteiger partial charge in [-0.15, -0.1) is 0 Å². The van der Waals surface area contributed by atoms with Crippen LogP contribution in [0.4, 0.5) is 5.82 Å². The molecule has 1 aromatic heterocycles. The van der Waals surface area contributed by atoms with Crippen molar-refractivity contribution in [2.24, 2.45) is 0 Å². The van der Waals surface area contributed by atoms with Crippen LogP contribution in [0.3, 0.4) is 0 Å². The van der Waals surface area contributed by atoms with Crippen LogP contribution in [0.15, 0.2) is 54.7 Å². The van der Waals surface area contributed by atoms with E-state index in [2.05, 4.69) is 15.2 Å². The average molecular weight is 403 g/mol. The van der Waals surface area contributed by atoms with Crippen molar-refractivity contribution in [2.45, 2.75) is 12.8 Å². The Morgan fingerprint density at radius 2 is 1.71 bits per heavy atom. The summed E-state index contributed by atoms with van der Waals surface area (Å²) in [5, 5.41) is 2.72. The molecule has 0 radical (unpaired) electrons. The highest BCUT2D eigenvalue weighted by atomic mass is 32.2. The SMILES string of the molecule is O=C(CCc1ccccc1)NCCS(=O)(=O)N1CCN(c2ccccn2)CC1. The summed E-state index contributed by atoms with van der Waals surface area (Å²) in [6, 6.07) is 15.5. The fourth-order valence-electron chi connectivity index (χ4n) is 3.18. The first-order valence-corrected chi connectivity index (χ1v) is 11.1. The van der Waals surface area contributed by atoms with Gasteiger partial charge in [0.15, 0.2) is 0 Å². The normalized spacial score (nSPS) is 15.4. The molecule has 0 aliphatic carbocycles. The lowest BCUT2D eigenvalue weighted by Crippen LogP contribution is -2.50. The number of amides is 1. The van der Waals surface area contributed by atoms with Gasteiger partial charge in [-0.25, -0.2) is 13.4 Å². The molecular weight excluding hydrogens is 376 g/mol. The average Bonchev–Trinajstić information content (AvgIpc) is 2.74. The summed E-state index contributed by atoms with van der Waals surface area (Å²) in [5.74, 6) is 0.664. The third kappa shape index (κ3) is 5.77. The second kappa shape index (κ2) is 9.66. The van der Waals surface area contributed by atoms with Gasteiger partial charge in [0.25, 0.3) is 0 Å². The van der Waals surface area contributed by atoms with E-state index in [0.717, 1.165) is 11.4 Å². The summed E-state index contributed by atoms with van der Waals surface area (Å²) in [4.78, 5) is 18.3. The number of benzene rings is 1. The van der Waals surface area contributed by atoms with Crippen molar-refractivity contribution in [3.8, 4) is 0 Å². The van der Waals surface area contributed by atoms with Gasteiger partial charge in [0.1, 0.15) is 5.82 Å². The fraction of sp³-hybridized carbons (Fsp3) is 0.400. The second-order valence-corrected chi connectivity index (χ2v) is 8.81. The van der Waals surface area contributed by atoms with Gasteiger partial charge in [-0.2, -0.15) is 4.31 Å². The Labute approximate surface area is 166 Å². The molecule has 1 fully saturated rings. The minimum Gasteiger partial charge on any atom is -0.355 e. The molecule has 2 heterocycles. The van der Waals surface area contributed by atoms with Crippen LogP contribution in [0.1, 0.15) is 12.0 Å². The van der Waals surface area contributed by atoms with Gasteiger partial charge in [-0.3, -0.25) is 4.79 Å². The summed E-state index contributed by atoms with van der Waals surface area (Å²) in [6.45, 7) is 2.22. The Balaban J connectivity index is 1.39. The van der Waals surface area contributed by atoms with Crippen LogP contribution in [0.25, 0.3) is 0 Å². The molecule has 1 aromatic carbocycles. The lowest BCUT2D eigenvalue weighted by atomic mass is 10.1. The number of carbonyl (C=O) groups excluding carboxylic acids is 1. The van der Waals surface area contributed by atoms with Gasteiger partial charge in [-0.05, 0) is 24.1 Å². The van der Waals surface area contributed by atoms with E-state index in [0.29, 0.717) is 39.0 Å². The monoisotopic (exact) mass is 402 g/mol. The Morgan fingerprint density at radius 3 is 2.39 bits per heavy atom. The molecule has 1 aliphatic heterocycles. The molecule has 0 spiro atoms. The molecule has 0 saturated carbocycles. The smallest absolute Gasteiger partial charge is 0.220 e. The number of hydrogen-bond acceptors (Lipinski definition) is 5. The zero-order valence-electron chi connectivity index (χ0n) is 15.8. The Hall–Kier alpha value is -2.45. The molecular formula is C20H26N4O3S. The van der Waals surface area contributed by atoms with Crippen LogP contribution in [0.5, 0.6) is 0 Å². The molecule has 28 heavy (non-hydrogen) atoms. The number of nitrogens with zero attached hydrogens (tertiary/aromatic N) is 3. The first-order valence-electron chi connectivity index (χ1n) is 9.49. The summed E-state index contributed by atoms with van der Waals surface area (Å²) in [6.07, 6.45) is 2.74. The first kappa shape index (κ1) is 20.3. The highest BCUT2D eigenvalue weighted by molar-refractivity contribution is 7.89. The number of aromatic nitrogens is 1. The largest absolute Gasteiger partial charge is 0.355 e. The van der Waals surface area contributed by atoms with Crippen LogP contribution in [-0.4, -0.2) is 62.1 Å². The molecule has 1 aliphatic rings. The third-order valence-electron chi connectivity index (χ3n) is 4.77. The zero-order chi connectivity index (χ0) is 19.8. The van der Waals surface area contributed by atoms with E-state index < -0.39 is 10.0 Å². The molecule has 1 amide bonds. The van der Waals surface area contributed by atoms with Gasteiger partial charge >= 0.3 is 0 Å². The number of nitrogens with one attached hydrogen (secondary N) is 1. The third-order valence-corrected chi connectivity index (χ3v) is 6.64. The summed E-state index contributed by atoms with van der Waals surface area (Å²) in [5.41, 5.74) is 1.09. The molecule has 0 atom stereocenters. The van der Waals surface area contributed by atoms with Crippen LogP contribution in [-0.2, 0) is 21.2 Å². The highest BCUT2D eigenvalue weighted by Crippen LogP contribution is 2.14. The van der Waals surface area contributed by atoms with E-state index in [9.17, 15) is 13.2 Å². The van der Waals surface area contributed by atoms with Crippen LogP contribution >= 0.6 is 0 Å². The summed E-state index contributed by atoms with van der Waals surface area (Å²) in [7, 11) is -3.38. The standard InChI is InChI=1S/C20H26N4O3S/c25-20(10-9-18-6-2-1-3-7-18)22-12-17-28(26,27)24-15-13-23(14-16-24)19-8-4-5-11-21-19/h1-8,11H,9-10,12-17H2,(H,22,25). The minimum atomic E-state index is -3.38. The molecule has 0 unspecified atom stereocenters. The zero-order valence-corrected chi connectivity index (χ0v) is 16.6. The minimum absolute atomic E-state index is 0.0757. The van der Waals surface area contributed by atoms with E-state index in [4.69, 9.17) is 0 Å². The van der Waals surface area contributed by atoms with Crippen molar-refractivity contribution in [2.75, 3.05) is 43.4 Å². The predicted molar refractivity (Wildman–Crippen MR) is 110 cm³/mol. The van der Waals surface area contributed by atoms with Crippen LogP contribution < -0.4 is 10.2 Å². The van der Waals surface area contributed by atoms with Crippen molar-refractivity contribution < 1.29 is 13.2 Å². The number of anilines is 1. The van der Waals surface area contributed by atoms with Crippen molar-refractivity contribution >= 4 is 21.7 Å². The Bertz CT molecular complexity index is 852. The number of aryl methyl sites for hydroxylation is 1. The number of rotatable bonds is 8. The van der Waals surface area contributed by atoms with Crippen molar-refractivity contribution in [3.63, 3.8) is 0 Å². The fourth-order valence-corrected chi connectivity index (χ4v) is 4.51. The van der Waals surface area contributed by atoms with Gasteiger partial charge < -0.3 is 10.2 Å². The van der Waals surface area contributed by atoms with E-state index in [1.807, 2.05) is 48.5 Å². The number of pyridine rings is 1. The lowest BCUT2D eigenvalue weighted by molar-refractivity contribution is -0.120. The molecule has 7 nitrogen and oxygen atoms in total. The van der Waals surface area contributed by atoms with Gasteiger partial charge in [0.2, 0.25) is 15.9 Å². The first-order chi connectivity index (χ1) is 13.5. The predicted octanol–water partition coefficient (Wildman–Crippen LogP) is 1.28. The number of piperazine rings is 1. The number of carbonyl (C=O) groups is 1. The van der Waals surface area contributed by atoms with Gasteiger partial charge in [0, 0.05) is 45.3 Å². The molecule has 0 bridgehead atoms. The quantitative estimate of drug-likeness (QED) is 0.719. The molecule has 150 valence electrons. The Kier molecular flexibility index (Phi) is 7.00. The molecule has 1 N–H and O–H groups in total. The summed E-state index contributed by atoms with van der Waals surface area (Å²) < 4.78 is 26.6. The maximum Gasteiger partial charge on any atom is 0.220 e. The van der Waals surface area contributed by atoms with E-state index in [-0.39, 0.29) is 18.2 Å². The second-order valence-electron chi connectivity index (χ2n) is 6.73. The van der Waals surface area contributed by atoms with Gasteiger partial charge in [0.05, 0.1) is 5.75 Å². The maximum atomic E-state index is 12.5. The van der Waals surface area contributed by atoms with E-state index >= 15 is 0 Å². The number of hydrogen-bond donors (Lipinski definition) is 1. The van der Waals surface area contributed by atoms with Crippen molar-refractivity contribution in [3.05, 3.63) is 60.3 Å². The molecule has 8 heteroatoms. The van der Waals surface area contributed by atoms with Crippen molar-refractivity contribution in [1.82, 2.24) is 14.6 Å². The molecule has 2 aromatic rings. The van der Waals surface area contributed by atoms with Crippen molar-refractivity contribution in [1.29, 1.82) is 0 Å². The molecule has 1 saturated heterocycles. The maximum absolute atomic E-state index is 12.5. The topological polar surface area (TPSA) is 82.6 Å². The highest BCUT2D eigenvalue weighted by Gasteiger charge is 2.27. The van der Waals surface area contributed by atoms with E-state index in [1.54, 1.807) is 6.20 Å².